The van der Waals surface area contributed by atoms with E-state index in [-0.39, 0.29) is 19.0 Å². The normalized spacial score (nSPS) is 10.4. The van der Waals surface area contributed by atoms with Gasteiger partial charge < -0.3 is 10.4 Å². The van der Waals surface area contributed by atoms with Crippen LogP contribution in [-0.2, 0) is 9.59 Å². The molecule has 98 valence electrons. The third-order valence-corrected chi connectivity index (χ3v) is 2.52. The number of halogens is 1. The quantitative estimate of drug-likeness (QED) is 0.825. The highest BCUT2D eigenvalue weighted by Crippen LogP contribution is 2.14. The molecular weight excluding hydrogens is 256 g/mol. The molecule has 0 unspecified atom stereocenters. The van der Waals surface area contributed by atoms with Crippen LogP contribution in [-0.4, -0.2) is 41.5 Å². The molecule has 0 radical (unpaired) electrons. The van der Waals surface area contributed by atoms with E-state index in [1.807, 2.05) is 0 Å². The van der Waals surface area contributed by atoms with Crippen LogP contribution < -0.4 is 5.32 Å². The fraction of sp³-hybridized carbons (Fsp3) is 0.333. The SMILES string of the molecule is CCN(CC(=O)O)CC(=O)Nc1cccc(Cl)c1. The van der Waals surface area contributed by atoms with E-state index >= 15 is 0 Å². The van der Waals surface area contributed by atoms with Gasteiger partial charge in [-0.3, -0.25) is 14.5 Å². The number of carboxylic acid groups (broad SMARTS) is 1. The van der Waals surface area contributed by atoms with Gasteiger partial charge in [-0.25, -0.2) is 0 Å². The summed E-state index contributed by atoms with van der Waals surface area (Å²) in [7, 11) is 0. The van der Waals surface area contributed by atoms with Gasteiger partial charge in [-0.2, -0.15) is 0 Å². The van der Waals surface area contributed by atoms with Crippen molar-refractivity contribution in [3.63, 3.8) is 0 Å². The van der Waals surface area contributed by atoms with Crippen molar-refractivity contribution in [3.05, 3.63) is 29.3 Å². The average molecular weight is 271 g/mol. The third-order valence-electron chi connectivity index (χ3n) is 2.28. The number of benzene rings is 1. The molecule has 0 aliphatic rings. The fourth-order valence-corrected chi connectivity index (χ4v) is 1.63. The van der Waals surface area contributed by atoms with E-state index in [4.69, 9.17) is 16.7 Å². The van der Waals surface area contributed by atoms with Gasteiger partial charge in [0.1, 0.15) is 0 Å². The summed E-state index contributed by atoms with van der Waals surface area (Å²) in [4.78, 5) is 23.8. The highest BCUT2D eigenvalue weighted by atomic mass is 35.5. The zero-order valence-electron chi connectivity index (χ0n) is 10.0. The number of carbonyl (C=O) groups is 2. The minimum absolute atomic E-state index is 0.0370. The first-order valence-corrected chi connectivity index (χ1v) is 5.88. The molecule has 0 atom stereocenters. The topological polar surface area (TPSA) is 69.6 Å². The summed E-state index contributed by atoms with van der Waals surface area (Å²) >= 11 is 5.79. The number of carboxylic acids is 1. The summed E-state index contributed by atoms with van der Waals surface area (Å²) in [5.41, 5.74) is 0.596. The summed E-state index contributed by atoms with van der Waals surface area (Å²) in [6, 6.07) is 6.79. The smallest absolute Gasteiger partial charge is 0.317 e. The molecule has 6 heteroatoms. The van der Waals surface area contributed by atoms with Gasteiger partial charge >= 0.3 is 5.97 Å². The van der Waals surface area contributed by atoms with Crippen LogP contribution in [0.4, 0.5) is 5.69 Å². The number of carbonyl (C=O) groups excluding carboxylic acids is 1. The molecule has 0 heterocycles. The summed E-state index contributed by atoms with van der Waals surface area (Å²) in [6.45, 7) is 2.18. The van der Waals surface area contributed by atoms with E-state index in [2.05, 4.69) is 5.32 Å². The van der Waals surface area contributed by atoms with Crippen LogP contribution in [0, 0.1) is 0 Å². The van der Waals surface area contributed by atoms with E-state index in [1.165, 1.54) is 4.90 Å². The van der Waals surface area contributed by atoms with Gasteiger partial charge in [0.25, 0.3) is 0 Å². The summed E-state index contributed by atoms with van der Waals surface area (Å²) in [6.07, 6.45) is 0. The molecule has 0 aliphatic carbocycles. The van der Waals surface area contributed by atoms with Crippen LogP contribution >= 0.6 is 11.6 Å². The maximum atomic E-state index is 11.7. The zero-order valence-corrected chi connectivity index (χ0v) is 10.8. The molecule has 0 saturated carbocycles. The van der Waals surface area contributed by atoms with E-state index in [1.54, 1.807) is 31.2 Å². The molecule has 1 aromatic rings. The second kappa shape index (κ2) is 6.98. The molecule has 0 bridgehead atoms. The van der Waals surface area contributed by atoms with Gasteiger partial charge in [-0.15, -0.1) is 0 Å². The number of hydrogen-bond donors (Lipinski definition) is 2. The van der Waals surface area contributed by atoms with Crippen molar-refractivity contribution in [3.8, 4) is 0 Å². The Bertz CT molecular complexity index is 437. The van der Waals surface area contributed by atoms with Crippen molar-refractivity contribution in [2.75, 3.05) is 25.0 Å². The first-order valence-electron chi connectivity index (χ1n) is 5.51. The van der Waals surface area contributed by atoms with Crippen molar-refractivity contribution >= 4 is 29.2 Å². The standard InChI is InChI=1S/C12H15ClN2O3/c1-2-15(8-12(17)18)7-11(16)14-10-5-3-4-9(13)6-10/h3-6H,2,7-8H2,1H3,(H,14,16)(H,17,18). The first kappa shape index (κ1) is 14.5. The number of nitrogens with zero attached hydrogens (tertiary/aromatic N) is 1. The molecule has 0 fully saturated rings. The Hall–Kier alpha value is -1.59. The van der Waals surface area contributed by atoms with Gasteiger partial charge in [0, 0.05) is 10.7 Å². The number of likely N-dealkylation sites (N-methyl/N-ethyl adjacent to an activating group) is 1. The van der Waals surface area contributed by atoms with E-state index in [0.717, 1.165) is 0 Å². The number of amides is 1. The molecule has 0 aliphatic heterocycles. The fourth-order valence-electron chi connectivity index (χ4n) is 1.44. The van der Waals surface area contributed by atoms with E-state index < -0.39 is 5.97 Å². The van der Waals surface area contributed by atoms with Crippen LogP contribution in [0.2, 0.25) is 5.02 Å². The maximum Gasteiger partial charge on any atom is 0.317 e. The van der Waals surface area contributed by atoms with E-state index in [9.17, 15) is 9.59 Å². The van der Waals surface area contributed by atoms with Crippen molar-refractivity contribution in [1.29, 1.82) is 0 Å². The molecule has 0 spiro atoms. The second-order valence-electron chi connectivity index (χ2n) is 3.76. The average Bonchev–Trinajstić information content (AvgIpc) is 2.27. The number of hydrogen-bond acceptors (Lipinski definition) is 3. The lowest BCUT2D eigenvalue weighted by Gasteiger charge is -2.17. The molecular formula is C12H15ClN2O3. The summed E-state index contributed by atoms with van der Waals surface area (Å²) in [5.74, 6) is -1.22. The Morgan fingerprint density at radius 1 is 1.39 bits per heavy atom. The Balaban J connectivity index is 2.52. The predicted molar refractivity (Wildman–Crippen MR) is 69.8 cm³/mol. The molecule has 18 heavy (non-hydrogen) atoms. The summed E-state index contributed by atoms with van der Waals surface area (Å²) in [5, 5.41) is 11.9. The Morgan fingerprint density at radius 3 is 2.67 bits per heavy atom. The number of nitrogens with one attached hydrogen (secondary N) is 1. The first-order chi connectivity index (χ1) is 8.51. The highest BCUT2D eigenvalue weighted by Gasteiger charge is 2.12. The lowest BCUT2D eigenvalue weighted by Crippen LogP contribution is -2.36. The van der Waals surface area contributed by atoms with Gasteiger partial charge in [0.05, 0.1) is 13.1 Å². The lowest BCUT2D eigenvalue weighted by atomic mass is 10.3. The zero-order chi connectivity index (χ0) is 13.5. The Kier molecular flexibility index (Phi) is 5.61. The van der Waals surface area contributed by atoms with Gasteiger partial charge in [0.15, 0.2) is 0 Å². The summed E-state index contributed by atoms with van der Waals surface area (Å²) < 4.78 is 0. The maximum absolute atomic E-state index is 11.7. The third kappa shape index (κ3) is 5.16. The lowest BCUT2D eigenvalue weighted by molar-refractivity contribution is -0.138. The van der Waals surface area contributed by atoms with Crippen LogP contribution in [0.5, 0.6) is 0 Å². The van der Waals surface area contributed by atoms with Crippen molar-refractivity contribution in [1.82, 2.24) is 4.90 Å². The Morgan fingerprint density at radius 2 is 2.11 bits per heavy atom. The number of anilines is 1. The highest BCUT2D eigenvalue weighted by molar-refractivity contribution is 6.30. The van der Waals surface area contributed by atoms with Crippen molar-refractivity contribution < 1.29 is 14.7 Å². The molecule has 1 rings (SSSR count). The van der Waals surface area contributed by atoms with Gasteiger partial charge in [0.2, 0.25) is 5.91 Å². The van der Waals surface area contributed by atoms with Crippen LogP contribution in [0.1, 0.15) is 6.92 Å². The predicted octanol–water partition coefficient (Wildman–Crippen LogP) is 1.68. The Labute approximate surface area is 110 Å². The largest absolute Gasteiger partial charge is 0.480 e. The van der Waals surface area contributed by atoms with Crippen molar-refractivity contribution in [2.45, 2.75) is 6.92 Å². The van der Waals surface area contributed by atoms with E-state index in [0.29, 0.717) is 17.3 Å². The molecule has 1 aromatic carbocycles. The minimum Gasteiger partial charge on any atom is -0.480 e. The minimum atomic E-state index is -0.951. The van der Waals surface area contributed by atoms with Crippen LogP contribution in [0.25, 0.3) is 0 Å². The molecule has 1 amide bonds. The number of rotatable bonds is 6. The monoisotopic (exact) mass is 270 g/mol. The number of aliphatic carboxylic acids is 1. The van der Waals surface area contributed by atoms with Crippen molar-refractivity contribution in [2.24, 2.45) is 0 Å². The van der Waals surface area contributed by atoms with Crippen LogP contribution in [0.3, 0.4) is 0 Å². The van der Waals surface area contributed by atoms with Crippen LogP contribution in [0.15, 0.2) is 24.3 Å². The second-order valence-corrected chi connectivity index (χ2v) is 4.19. The molecule has 5 nitrogen and oxygen atoms in total. The van der Waals surface area contributed by atoms with Gasteiger partial charge in [-0.05, 0) is 24.7 Å². The molecule has 0 aromatic heterocycles. The molecule has 2 N–H and O–H groups in total. The van der Waals surface area contributed by atoms with Gasteiger partial charge in [-0.1, -0.05) is 24.6 Å². The molecule has 0 saturated heterocycles.